The first-order valence-corrected chi connectivity index (χ1v) is 6.31. The van der Waals surface area contributed by atoms with Crippen LogP contribution in [0.3, 0.4) is 0 Å². The van der Waals surface area contributed by atoms with Gasteiger partial charge >= 0.3 is 0 Å². The van der Waals surface area contributed by atoms with Crippen molar-refractivity contribution in [3.63, 3.8) is 0 Å². The van der Waals surface area contributed by atoms with Gasteiger partial charge in [-0.3, -0.25) is 0 Å². The van der Waals surface area contributed by atoms with Gasteiger partial charge in [0, 0.05) is 0 Å². The van der Waals surface area contributed by atoms with E-state index in [1.807, 2.05) is 14.1 Å². The molecule has 0 aromatic carbocycles. The van der Waals surface area contributed by atoms with Crippen molar-refractivity contribution < 1.29 is 0 Å². The number of hydrogen-bond donors (Lipinski definition) is 3. The molecule has 13 heavy (non-hydrogen) atoms. The van der Waals surface area contributed by atoms with E-state index in [-0.39, 0.29) is 0 Å². The first-order chi connectivity index (χ1) is 6.35. The molecular formula is C9H25N3Si. The van der Waals surface area contributed by atoms with Crippen LogP contribution in [0.2, 0.25) is 0 Å². The molecule has 0 unspecified atom stereocenters. The van der Waals surface area contributed by atoms with E-state index in [0.29, 0.717) is 0 Å². The van der Waals surface area contributed by atoms with E-state index >= 15 is 0 Å². The summed E-state index contributed by atoms with van der Waals surface area (Å²) in [6.07, 6.45) is 5.20. The summed E-state index contributed by atoms with van der Waals surface area (Å²) in [5.41, 5.74) is 0. The number of rotatable bonds is 9. The lowest BCUT2D eigenvalue weighted by molar-refractivity contribution is 0.487. The summed E-state index contributed by atoms with van der Waals surface area (Å²) in [6.45, 7) is 2.29. The summed E-state index contributed by atoms with van der Waals surface area (Å²) in [4.78, 5) is 3.50. The summed E-state index contributed by atoms with van der Waals surface area (Å²) in [5.74, 6) is 0. The van der Waals surface area contributed by atoms with Crippen molar-refractivity contribution in [2.24, 2.45) is 0 Å². The summed E-state index contributed by atoms with van der Waals surface area (Å²) in [6, 6.07) is 0.758. The maximum absolute atomic E-state index is 3.50. The quantitative estimate of drug-likeness (QED) is 0.340. The van der Waals surface area contributed by atoms with Crippen LogP contribution in [0.25, 0.3) is 0 Å². The van der Waals surface area contributed by atoms with Crippen LogP contribution in [0, 0.1) is 0 Å². The van der Waals surface area contributed by atoms with E-state index in [4.69, 9.17) is 0 Å². The molecule has 0 amide bonds. The second kappa shape index (κ2) is 10.2. The molecule has 0 radical (unpaired) electrons. The average Bonchev–Trinajstić information content (AvgIpc) is 2.16. The van der Waals surface area contributed by atoms with Gasteiger partial charge in [-0.25, -0.2) is 0 Å². The average molecular weight is 203 g/mol. The van der Waals surface area contributed by atoms with Gasteiger partial charge in [-0.2, -0.15) is 0 Å². The van der Waals surface area contributed by atoms with Crippen LogP contribution < -0.4 is 15.6 Å². The molecule has 0 bridgehead atoms. The Balaban J connectivity index is 3.28. The molecular weight excluding hydrogens is 178 g/mol. The summed E-state index contributed by atoms with van der Waals surface area (Å²) >= 11 is 0. The summed E-state index contributed by atoms with van der Waals surface area (Å²) < 4.78 is 0. The monoisotopic (exact) mass is 203 g/mol. The molecule has 0 aliphatic rings. The van der Waals surface area contributed by atoms with Crippen molar-refractivity contribution in [2.45, 2.75) is 31.7 Å². The molecule has 0 saturated carbocycles. The fourth-order valence-corrected chi connectivity index (χ4v) is 2.06. The van der Waals surface area contributed by atoms with Gasteiger partial charge in [0.05, 0.1) is 10.4 Å². The lowest BCUT2D eigenvalue weighted by atomic mass is 10.1. The van der Waals surface area contributed by atoms with Crippen LogP contribution in [0.1, 0.15) is 25.7 Å². The third-order valence-corrected chi connectivity index (χ3v) is 3.18. The van der Waals surface area contributed by atoms with Crippen molar-refractivity contribution in [1.82, 2.24) is 15.6 Å². The standard InChI is InChI=1S/C9H25N3Si/c1-10-7-3-5-9(12-13)6-4-8-11-2/h9-12H,3-8H2,1-2,13H3. The molecule has 0 heterocycles. The highest BCUT2D eigenvalue weighted by Crippen LogP contribution is 2.03. The van der Waals surface area contributed by atoms with Crippen molar-refractivity contribution in [3.05, 3.63) is 0 Å². The fourth-order valence-electron chi connectivity index (χ4n) is 1.48. The molecule has 0 aliphatic carbocycles. The summed E-state index contributed by atoms with van der Waals surface area (Å²) in [7, 11) is 5.15. The second-order valence-electron chi connectivity index (χ2n) is 3.48. The highest BCUT2D eigenvalue weighted by molar-refractivity contribution is 6.04. The van der Waals surface area contributed by atoms with Gasteiger partial charge in [0.25, 0.3) is 0 Å². The molecule has 4 heteroatoms. The molecule has 3 nitrogen and oxygen atoms in total. The van der Waals surface area contributed by atoms with Gasteiger partial charge in [-0.05, 0) is 58.9 Å². The molecule has 80 valence electrons. The second-order valence-corrected chi connectivity index (χ2v) is 4.05. The van der Waals surface area contributed by atoms with Crippen LogP contribution in [-0.2, 0) is 0 Å². The predicted octanol–water partition coefficient (Wildman–Crippen LogP) is -0.776. The highest BCUT2D eigenvalue weighted by Gasteiger charge is 2.03. The Kier molecular flexibility index (Phi) is 10.3. The van der Waals surface area contributed by atoms with Gasteiger partial charge < -0.3 is 15.6 Å². The Morgan fingerprint density at radius 3 is 1.77 bits per heavy atom. The number of nitrogens with one attached hydrogen (secondary N) is 3. The molecule has 0 aliphatic heterocycles. The Bertz CT molecular complexity index is 90.9. The van der Waals surface area contributed by atoms with Gasteiger partial charge in [0.1, 0.15) is 0 Å². The Labute approximate surface area is 85.6 Å². The van der Waals surface area contributed by atoms with E-state index in [2.05, 4.69) is 15.6 Å². The smallest absolute Gasteiger partial charge is 0.0752 e. The lowest BCUT2D eigenvalue weighted by Crippen LogP contribution is -2.28. The molecule has 0 aromatic rings. The fraction of sp³-hybridized carbons (Fsp3) is 1.00. The van der Waals surface area contributed by atoms with Crippen LogP contribution in [0.5, 0.6) is 0 Å². The zero-order chi connectivity index (χ0) is 9.94. The minimum Gasteiger partial charge on any atom is -0.343 e. The molecule has 0 rings (SSSR count). The van der Waals surface area contributed by atoms with Crippen LogP contribution in [0.15, 0.2) is 0 Å². The molecule has 0 spiro atoms. The van der Waals surface area contributed by atoms with E-state index in [0.717, 1.165) is 29.5 Å². The normalized spacial score (nSPS) is 11.3. The van der Waals surface area contributed by atoms with Crippen LogP contribution >= 0.6 is 0 Å². The third-order valence-electron chi connectivity index (χ3n) is 2.37. The van der Waals surface area contributed by atoms with E-state index in [1.54, 1.807) is 0 Å². The predicted molar refractivity (Wildman–Crippen MR) is 63.2 cm³/mol. The SMILES string of the molecule is CNCCCC(CCCNC)N[SiH3]. The van der Waals surface area contributed by atoms with Crippen molar-refractivity contribution in [1.29, 1.82) is 0 Å². The zero-order valence-corrected chi connectivity index (χ0v) is 11.3. The minimum atomic E-state index is 0.758. The van der Waals surface area contributed by atoms with Crippen molar-refractivity contribution in [3.8, 4) is 0 Å². The third kappa shape index (κ3) is 8.43. The lowest BCUT2D eigenvalue weighted by Gasteiger charge is -2.15. The summed E-state index contributed by atoms with van der Waals surface area (Å²) in [5, 5.41) is 6.37. The Morgan fingerprint density at radius 1 is 1.00 bits per heavy atom. The Hall–Kier alpha value is 0.0969. The zero-order valence-electron chi connectivity index (χ0n) is 9.32. The first kappa shape index (κ1) is 13.1. The molecule has 0 aromatic heterocycles. The van der Waals surface area contributed by atoms with Gasteiger partial charge in [0.2, 0.25) is 0 Å². The highest BCUT2D eigenvalue weighted by atomic mass is 28.2. The van der Waals surface area contributed by atoms with E-state index in [9.17, 15) is 0 Å². The first-order valence-electron chi connectivity index (χ1n) is 5.31. The maximum atomic E-state index is 3.50. The van der Waals surface area contributed by atoms with Gasteiger partial charge in [0.15, 0.2) is 0 Å². The van der Waals surface area contributed by atoms with Crippen molar-refractivity contribution >= 4 is 10.4 Å². The van der Waals surface area contributed by atoms with Gasteiger partial charge in [-0.1, -0.05) is 0 Å². The molecule has 0 atom stereocenters. The molecule has 0 fully saturated rings. The number of hydrogen-bond acceptors (Lipinski definition) is 3. The maximum Gasteiger partial charge on any atom is 0.0752 e. The minimum absolute atomic E-state index is 0.758. The van der Waals surface area contributed by atoms with Gasteiger partial charge in [-0.15, -0.1) is 0 Å². The Morgan fingerprint density at radius 2 is 1.46 bits per heavy atom. The van der Waals surface area contributed by atoms with Crippen molar-refractivity contribution in [2.75, 3.05) is 27.2 Å². The van der Waals surface area contributed by atoms with E-state index in [1.165, 1.54) is 25.7 Å². The topological polar surface area (TPSA) is 36.1 Å². The van der Waals surface area contributed by atoms with E-state index < -0.39 is 0 Å². The largest absolute Gasteiger partial charge is 0.343 e. The van der Waals surface area contributed by atoms with Crippen LogP contribution in [-0.4, -0.2) is 43.6 Å². The molecule has 3 N–H and O–H groups in total. The molecule has 0 saturated heterocycles. The van der Waals surface area contributed by atoms with Crippen LogP contribution in [0.4, 0.5) is 0 Å².